The van der Waals surface area contributed by atoms with Crippen LogP contribution >= 0.6 is 0 Å². The third kappa shape index (κ3) is 6.42. The minimum atomic E-state index is -4.36. The van der Waals surface area contributed by atoms with Crippen molar-refractivity contribution in [1.82, 2.24) is 4.72 Å². The first kappa shape index (κ1) is 27.2. The van der Waals surface area contributed by atoms with Crippen LogP contribution in [0.5, 0.6) is 5.75 Å². The quantitative estimate of drug-likeness (QED) is 0.403. The summed E-state index contributed by atoms with van der Waals surface area (Å²) >= 11 is 0. The third-order valence-electron chi connectivity index (χ3n) is 5.01. The van der Waals surface area contributed by atoms with Crippen LogP contribution in [0.25, 0.3) is 0 Å². The van der Waals surface area contributed by atoms with E-state index in [1.807, 2.05) is 4.72 Å². The number of benzene rings is 3. The Labute approximate surface area is 210 Å². The molecule has 0 spiro atoms. The monoisotopic (exact) mass is 552 g/mol. The smallest absolute Gasteiger partial charge is 0.339 e. The molecule has 0 aliphatic heterocycles. The van der Waals surface area contributed by atoms with Gasteiger partial charge in [0.05, 0.1) is 21.2 Å². The fourth-order valence-electron chi connectivity index (χ4n) is 2.96. The number of aryl methyl sites for hydroxylation is 2. The van der Waals surface area contributed by atoms with Gasteiger partial charge in [-0.25, -0.2) is 26.4 Å². The van der Waals surface area contributed by atoms with Gasteiger partial charge in [-0.15, -0.1) is 0 Å². The summed E-state index contributed by atoms with van der Waals surface area (Å²) in [7, 11) is -12.4. The Morgan fingerprint density at radius 1 is 0.750 bits per heavy atom. The van der Waals surface area contributed by atoms with Crippen LogP contribution < -0.4 is 14.2 Å². The predicted octanol–water partition coefficient (Wildman–Crippen LogP) is 3.38. The highest BCUT2D eigenvalue weighted by atomic mass is 32.2. The molecule has 3 aromatic carbocycles. The lowest BCUT2D eigenvalue weighted by molar-refractivity contribution is 0.256. The maximum absolute atomic E-state index is 12.8. The minimum Gasteiger partial charge on any atom is -0.377 e. The standard InChI is InChI=1S/C23H24N2O8S3/c1-4-34(27,28)20-13-14-22(33-36(31,32)19-11-7-17(3)8-12-19)21(15-20)24-23(26)25-35(29,30)18-9-5-16(2)6-10-18/h5-15H,4H2,1-3H3,(H2,24,25,26). The van der Waals surface area contributed by atoms with Gasteiger partial charge in [-0.3, -0.25) is 0 Å². The molecule has 3 rings (SSSR count). The van der Waals surface area contributed by atoms with Gasteiger partial charge in [-0.2, -0.15) is 8.42 Å². The number of nitrogens with one attached hydrogen (secondary N) is 2. The molecule has 10 nitrogen and oxygen atoms in total. The Kier molecular flexibility index (Phi) is 7.76. The number of anilines is 1. The first-order chi connectivity index (χ1) is 16.7. The van der Waals surface area contributed by atoms with Crippen LogP contribution in [-0.2, 0) is 30.0 Å². The number of carbonyl (C=O) groups excluding carboxylic acids is 1. The van der Waals surface area contributed by atoms with Crippen molar-refractivity contribution in [3.8, 4) is 5.75 Å². The van der Waals surface area contributed by atoms with Crippen LogP contribution in [0.2, 0.25) is 0 Å². The topological polar surface area (TPSA) is 153 Å². The van der Waals surface area contributed by atoms with Gasteiger partial charge in [0, 0.05) is 0 Å². The van der Waals surface area contributed by atoms with Crippen molar-refractivity contribution in [3.63, 3.8) is 0 Å². The first-order valence-corrected chi connectivity index (χ1v) is 15.1. The second-order valence-electron chi connectivity index (χ2n) is 7.78. The van der Waals surface area contributed by atoms with Gasteiger partial charge in [0.1, 0.15) is 4.90 Å². The molecule has 0 bridgehead atoms. The lowest BCUT2D eigenvalue weighted by Gasteiger charge is -2.15. The van der Waals surface area contributed by atoms with Crippen molar-refractivity contribution in [2.45, 2.75) is 35.5 Å². The van der Waals surface area contributed by atoms with E-state index in [9.17, 15) is 30.0 Å². The number of carbonyl (C=O) groups is 1. The molecule has 2 amide bonds. The minimum absolute atomic E-state index is 0.171. The molecule has 13 heteroatoms. The molecule has 0 radical (unpaired) electrons. The maximum Gasteiger partial charge on any atom is 0.339 e. The van der Waals surface area contributed by atoms with Gasteiger partial charge in [0.25, 0.3) is 10.0 Å². The van der Waals surface area contributed by atoms with E-state index in [-0.39, 0.29) is 26.1 Å². The van der Waals surface area contributed by atoms with E-state index in [2.05, 4.69) is 5.32 Å². The second-order valence-corrected chi connectivity index (χ2v) is 13.3. The maximum atomic E-state index is 12.8. The molecule has 0 aliphatic rings. The lowest BCUT2D eigenvalue weighted by Crippen LogP contribution is -2.34. The number of sulfone groups is 1. The molecule has 0 unspecified atom stereocenters. The highest BCUT2D eigenvalue weighted by Gasteiger charge is 2.24. The Balaban J connectivity index is 1.96. The number of rotatable bonds is 8. The molecule has 0 saturated heterocycles. The van der Waals surface area contributed by atoms with Crippen molar-refractivity contribution < 1.29 is 34.2 Å². The summed E-state index contributed by atoms with van der Waals surface area (Å²) in [5.41, 5.74) is 1.26. The normalized spacial score (nSPS) is 12.1. The van der Waals surface area contributed by atoms with E-state index in [4.69, 9.17) is 4.18 Å². The highest BCUT2D eigenvalue weighted by molar-refractivity contribution is 7.91. The summed E-state index contributed by atoms with van der Waals surface area (Å²) < 4.78 is 82.3. The van der Waals surface area contributed by atoms with Crippen molar-refractivity contribution in [3.05, 3.63) is 77.9 Å². The molecule has 36 heavy (non-hydrogen) atoms. The molecule has 0 saturated carbocycles. The van der Waals surface area contributed by atoms with Crippen LogP contribution in [-0.4, -0.2) is 37.0 Å². The molecule has 3 aromatic rings. The number of urea groups is 1. The average Bonchev–Trinajstić information content (AvgIpc) is 2.80. The van der Waals surface area contributed by atoms with Crippen molar-refractivity contribution in [1.29, 1.82) is 0 Å². The van der Waals surface area contributed by atoms with E-state index < -0.39 is 41.8 Å². The zero-order valence-corrected chi connectivity index (χ0v) is 22.0. The number of hydrogen-bond donors (Lipinski definition) is 2. The van der Waals surface area contributed by atoms with E-state index >= 15 is 0 Å². The fraction of sp³-hybridized carbons (Fsp3) is 0.174. The van der Waals surface area contributed by atoms with Crippen molar-refractivity contribution >= 4 is 41.7 Å². The van der Waals surface area contributed by atoms with Gasteiger partial charge >= 0.3 is 16.1 Å². The molecule has 0 atom stereocenters. The SMILES string of the molecule is CCS(=O)(=O)c1ccc(OS(=O)(=O)c2ccc(C)cc2)c(NC(=O)NS(=O)(=O)c2ccc(C)cc2)c1. The van der Waals surface area contributed by atoms with Crippen LogP contribution in [0.3, 0.4) is 0 Å². The lowest BCUT2D eigenvalue weighted by atomic mass is 10.2. The van der Waals surface area contributed by atoms with Crippen LogP contribution in [0.4, 0.5) is 10.5 Å². The van der Waals surface area contributed by atoms with Gasteiger partial charge in [-0.05, 0) is 56.3 Å². The van der Waals surface area contributed by atoms with Crippen molar-refractivity contribution in [2.24, 2.45) is 0 Å². The summed E-state index contributed by atoms with van der Waals surface area (Å²) in [5.74, 6) is -0.670. The molecule has 0 aliphatic carbocycles. The summed E-state index contributed by atoms with van der Waals surface area (Å²) in [6.07, 6.45) is 0. The highest BCUT2D eigenvalue weighted by Crippen LogP contribution is 2.31. The van der Waals surface area contributed by atoms with Crippen LogP contribution in [0.1, 0.15) is 18.1 Å². The number of hydrogen-bond acceptors (Lipinski definition) is 8. The van der Waals surface area contributed by atoms with Crippen molar-refractivity contribution in [2.75, 3.05) is 11.1 Å². The van der Waals surface area contributed by atoms with Crippen LogP contribution in [0, 0.1) is 13.8 Å². The van der Waals surface area contributed by atoms with Gasteiger partial charge < -0.3 is 9.50 Å². The summed E-state index contributed by atoms with van der Waals surface area (Å²) in [6.45, 7) is 4.95. The van der Waals surface area contributed by atoms with E-state index in [0.717, 1.165) is 29.3 Å². The zero-order valence-electron chi connectivity index (χ0n) is 19.5. The largest absolute Gasteiger partial charge is 0.377 e. The predicted molar refractivity (Wildman–Crippen MR) is 134 cm³/mol. The molecule has 0 fully saturated rings. The van der Waals surface area contributed by atoms with E-state index in [1.165, 1.54) is 31.2 Å². The Bertz CT molecular complexity index is 1600. The number of amides is 2. The Morgan fingerprint density at radius 2 is 1.25 bits per heavy atom. The van der Waals surface area contributed by atoms with Crippen LogP contribution in [0.15, 0.2) is 81.4 Å². The molecule has 0 heterocycles. The van der Waals surface area contributed by atoms with E-state index in [0.29, 0.717) is 0 Å². The Hall–Kier alpha value is -3.42. The second kappa shape index (κ2) is 10.3. The fourth-order valence-corrected chi connectivity index (χ4v) is 5.72. The van der Waals surface area contributed by atoms with E-state index in [1.54, 1.807) is 38.1 Å². The molecule has 2 N–H and O–H groups in total. The molecule has 192 valence electrons. The zero-order chi connectivity index (χ0) is 26.7. The number of sulfonamides is 1. The van der Waals surface area contributed by atoms with Gasteiger partial charge in [0.15, 0.2) is 15.6 Å². The molecule has 0 aromatic heterocycles. The summed E-state index contributed by atoms with van der Waals surface area (Å²) in [6, 6.07) is 13.4. The Morgan fingerprint density at radius 3 is 1.78 bits per heavy atom. The average molecular weight is 553 g/mol. The molecular weight excluding hydrogens is 528 g/mol. The summed E-state index contributed by atoms with van der Waals surface area (Å²) in [4.78, 5) is 12.0. The van der Waals surface area contributed by atoms with Gasteiger partial charge in [-0.1, -0.05) is 42.3 Å². The summed E-state index contributed by atoms with van der Waals surface area (Å²) in [5, 5.41) is 2.18. The molecular formula is C23H24N2O8S3. The third-order valence-corrected chi connectivity index (χ3v) is 9.33. The first-order valence-electron chi connectivity index (χ1n) is 10.5. The van der Waals surface area contributed by atoms with Gasteiger partial charge in [0.2, 0.25) is 0 Å².